The van der Waals surface area contributed by atoms with Crippen molar-refractivity contribution in [2.75, 3.05) is 0 Å². The number of rotatable bonds is 11. The Morgan fingerprint density at radius 1 is 0.812 bits per heavy atom. The van der Waals surface area contributed by atoms with Crippen LogP contribution in [0.4, 0.5) is 0 Å². The van der Waals surface area contributed by atoms with Crippen LogP contribution in [0, 0.1) is 5.41 Å². The predicted octanol–water partition coefficient (Wildman–Crippen LogP) is 3.92. The second-order valence-electron chi connectivity index (χ2n) is 5.29. The van der Waals surface area contributed by atoms with E-state index in [2.05, 4.69) is 0 Å². The first kappa shape index (κ1) is 15.3. The number of carbonyl (C=O) groups is 2. The van der Waals surface area contributed by atoms with E-state index in [1.165, 1.54) is 32.1 Å². The van der Waals surface area contributed by atoms with Crippen LogP contribution in [0.1, 0.15) is 71.6 Å². The molecule has 0 heterocycles. The van der Waals surface area contributed by atoms with E-state index in [9.17, 15) is 9.59 Å². The van der Waals surface area contributed by atoms with Gasteiger partial charge in [0.2, 0.25) is 0 Å². The minimum atomic E-state index is -0.135. The van der Waals surface area contributed by atoms with Crippen LogP contribution in [0.2, 0.25) is 0 Å². The number of carbonyl (C=O) groups excluding carboxylic acids is 2. The molecule has 0 radical (unpaired) electrons. The fourth-order valence-electron chi connectivity index (χ4n) is 1.75. The van der Waals surface area contributed by atoms with Crippen LogP contribution in [-0.2, 0) is 9.59 Å². The van der Waals surface area contributed by atoms with Crippen LogP contribution in [0.5, 0.6) is 0 Å². The highest BCUT2D eigenvalue weighted by molar-refractivity contribution is 5.57. The number of aldehydes is 2. The van der Waals surface area contributed by atoms with Gasteiger partial charge in [-0.05, 0) is 12.8 Å². The highest BCUT2D eigenvalue weighted by Crippen LogP contribution is 2.21. The van der Waals surface area contributed by atoms with Gasteiger partial charge in [0, 0.05) is 11.8 Å². The molecular weight excluding hydrogens is 200 g/mol. The van der Waals surface area contributed by atoms with Gasteiger partial charge in [0.05, 0.1) is 0 Å². The van der Waals surface area contributed by atoms with Gasteiger partial charge in [0.25, 0.3) is 0 Å². The van der Waals surface area contributed by atoms with Crippen LogP contribution in [0.3, 0.4) is 0 Å². The van der Waals surface area contributed by atoms with Crippen molar-refractivity contribution in [2.45, 2.75) is 71.6 Å². The predicted molar refractivity (Wildman–Crippen MR) is 67.5 cm³/mol. The topological polar surface area (TPSA) is 34.1 Å². The van der Waals surface area contributed by atoms with E-state index in [1.807, 2.05) is 13.8 Å². The van der Waals surface area contributed by atoms with Gasteiger partial charge in [0.15, 0.2) is 0 Å². The van der Waals surface area contributed by atoms with Gasteiger partial charge in [-0.2, -0.15) is 0 Å². The zero-order chi connectivity index (χ0) is 12.3. The molecular formula is C14H26O2. The van der Waals surface area contributed by atoms with Gasteiger partial charge in [-0.3, -0.25) is 0 Å². The third-order valence-corrected chi connectivity index (χ3v) is 2.96. The molecule has 0 bridgehead atoms. The molecule has 0 spiro atoms. The van der Waals surface area contributed by atoms with Crippen LogP contribution in [0.15, 0.2) is 0 Å². The summed E-state index contributed by atoms with van der Waals surface area (Å²) < 4.78 is 0. The van der Waals surface area contributed by atoms with Crippen LogP contribution in [-0.4, -0.2) is 12.6 Å². The third kappa shape index (κ3) is 9.88. The zero-order valence-corrected chi connectivity index (χ0v) is 10.8. The summed E-state index contributed by atoms with van der Waals surface area (Å²) >= 11 is 0. The minimum absolute atomic E-state index is 0.135. The maximum Gasteiger partial charge on any atom is 0.125 e. The van der Waals surface area contributed by atoms with Gasteiger partial charge in [-0.1, -0.05) is 52.4 Å². The summed E-state index contributed by atoms with van der Waals surface area (Å²) in [6, 6.07) is 0. The second kappa shape index (κ2) is 9.56. The standard InChI is InChI=1S/C14H26O2/c1-14(2,13-16)11-9-7-5-3-4-6-8-10-12-15/h12-13H,3-11H2,1-2H3. The van der Waals surface area contributed by atoms with Gasteiger partial charge in [0.1, 0.15) is 12.6 Å². The molecule has 0 atom stereocenters. The molecule has 0 amide bonds. The second-order valence-corrected chi connectivity index (χ2v) is 5.29. The minimum Gasteiger partial charge on any atom is -0.303 e. The molecule has 0 aromatic heterocycles. The molecule has 0 saturated carbocycles. The van der Waals surface area contributed by atoms with Crippen molar-refractivity contribution in [3.05, 3.63) is 0 Å². The van der Waals surface area contributed by atoms with E-state index in [-0.39, 0.29) is 5.41 Å². The number of hydrogen-bond donors (Lipinski definition) is 0. The Labute approximate surface area is 99.8 Å². The molecule has 0 rings (SSSR count). The summed E-state index contributed by atoms with van der Waals surface area (Å²) in [5.41, 5.74) is -0.135. The summed E-state index contributed by atoms with van der Waals surface area (Å²) in [4.78, 5) is 20.7. The molecule has 16 heavy (non-hydrogen) atoms. The van der Waals surface area contributed by atoms with E-state index in [1.54, 1.807) is 0 Å². The lowest BCUT2D eigenvalue weighted by Crippen LogP contribution is -2.12. The normalized spacial score (nSPS) is 11.4. The van der Waals surface area contributed by atoms with Crippen molar-refractivity contribution in [1.29, 1.82) is 0 Å². The first-order chi connectivity index (χ1) is 7.62. The lowest BCUT2D eigenvalue weighted by Gasteiger charge is -2.15. The molecule has 0 aliphatic heterocycles. The van der Waals surface area contributed by atoms with Crippen molar-refractivity contribution < 1.29 is 9.59 Å². The van der Waals surface area contributed by atoms with Crippen LogP contribution < -0.4 is 0 Å². The molecule has 0 fully saturated rings. The summed E-state index contributed by atoms with van der Waals surface area (Å²) in [5, 5.41) is 0. The van der Waals surface area contributed by atoms with Gasteiger partial charge in [-0.25, -0.2) is 0 Å². The Hall–Kier alpha value is -0.660. The van der Waals surface area contributed by atoms with Crippen molar-refractivity contribution in [3.8, 4) is 0 Å². The quantitative estimate of drug-likeness (QED) is 0.395. The van der Waals surface area contributed by atoms with Crippen LogP contribution >= 0.6 is 0 Å². The molecule has 0 unspecified atom stereocenters. The fourth-order valence-corrected chi connectivity index (χ4v) is 1.75. The summed E-state index contributed by atoms with van der Waals surface area (Å²) in [6.45, 7) is 4.00. The smallest absolute Gasteiger partial charge is 0.125 e. The van der Waals surface area contributed by atoms with Crippen molar-refractivity contribution >= 4 is 12.6 Å². The largest absolute Gasteiger partial charge is 0.303 e. The number of unbranched alkanes of at least 4 members (excludes halogenated alkanes) is 7. The van der Waals surface area contributed by atoms with E-state index in [0.29, 0.717) is 6.42 Å². The Morgan fingerprint density at radius 3 is 1.81 bits per heavy atom. The fraction of sp³-hybridized carbons (Fsp3) is 0.857. The average Bonchev–Trinajstić information content (AvgIpc) is 2.27. The van der Waals surface area contributed by atoms with Gasteiger partial charge in [-0.15, -0.1) is 0 Å². The maximum atomic E-state index is 10.7. The molecule has 0 aliphatic rings. The Bertz CT molecular complexity index is 185. The Balaban J connectivity index is 3.15. The van der Waals surface area contributed by atoms with Crippen molar-refractivity contribution in [2.24, 2.45) is 5.41 Å². The maximum absolute atomic E-state index is 10.7. The SMILES string of the molecule is CC(C)(C=O)CCCCCCCCCC=O. The molecule has 0 N–H and O–H groups in total. The van der Waals surface area contributed by atoms with Crippen molar-refractivity contribution in [3.63, 3.8) is 0 Å². The van der Waals surface area contributed by atoms with Gasteiger partial charge < -0.3 is 9.59 Å². The third-order valence-electron chi connectivity index (χ3n) is 2.96. The molecule has 2 nitrogen and oxygen atoms in total. The zero-order valence-electron chi connectivity index (χ0n) is 10.8. The molecule has 2 heteroatoms. The van der Waals surface area contributed by atoms with Gasteiger partial charge >= 0.3 is 0 Å². The lowest BCUT2D eigenvalue weighted by molar-refractivity contribution is -0.115. The van der Waals surface area contributed by atoms with E-state index in [0.717, 1.165) is 31.8 Å². The first-order valence-electron chi connectivity index (χ1n) is 6.52. The molecule has 94 valence electrons. The highest BCUT2D eigenvalue weighted by atomic mass is 16.1. The molecule has 0 aromatic carbocycles. The molecule has 0 aliphatic carbocycles. The van der Waals surface area contributed by atoms with E-state index >= 15 is 0 Å². The average molecular weight is 226 g/mol. The summed E-state index contributed by atoms with van der Waals surface area (Å²) in [7, 11) is 0. The summed E-state index contributed by atoms with van der Waals surface area (Å²) in [6.07, 6.45) is 12.1. The van der Waals surface area contributed by atoms with Crippen LogP contribution in [0.25, 0.3) is 0 Å². The monoisotopic (exact) mass is 226 g/mol. The van der Waals surface area contributed by atoms with E-state index < -0.39 is 0 Å². The highest BCUT2D eigenvalue weighted by Gasteiger charge is 2.14. The molecule has 0 aromatic rings. The number of hydrogen-bond acceptors (Lipinski definition) is 2. The van der Waals surface area contributed by atoms with E-state index in [4.69, 9.17) is 0 Å². The first-order valence-corrected chi connectivity index (χ1v) is 6.52. The summed E-state index contributed by atoms with van der Waals surface area (Å²) in [5.74, 6) is 0. The Morgan fingerprint density at radius 2 is 1.31 bits per heavy atom. The van der Waals surface area contributed by atoms with Crippen molar-refractivity contribution in [1.82, 2.24) is 0 Å². The molecule has 0 saturated heterocycles. The Kier molecular flexibility index (Phi) is 9.16. The lowest BCUT2D eigenvalue weighted by atomic mass is 9.88.